The van der Waals surface area contributed by atoms with Gasteiger partial charge in [-0.15, -0.1) is 0 Å². The first kappa shape index (κ1) is 21.2. The van der Waals surface area contributed by atoms with Gasteiger partial charge in [0.2, 0.25) is 0 Å². The zero-order chi connectivity index (χ0) is 23.1. The van der Waals surface area contributed by atoms with Crippen LogP contribution in [0.15, 0.2) is 53.6 Å². The summed E-state index contributed by atoms with van der Waals surface area (Å²) in [7, 11) is 0. The highest BCUT2D eigenvalue weighted by Gasteiger charge is 2.25. The van der Waals surface area contributed by atoms with Crippen molar-refractivity contribution in [2.75, 3.05) is 18.5 Å². The topological polar surface area (TPSA) is 93.7 Å². The Labute approximate surface area is 201 Å². The highest BCUT2D eigenvalue weighted by atomic mass is 35.5. The molecular formula is C25H24ClN5O3. The maximum absolute atomic E-state index is 12.5. The summed E-state index contributed by atoms with van der Waals surface area (Å²) in [5, 5.41) is 6.82. The fourth-order valence-electron chi connectivity index (χ4n) is 4.24. The minimum Gasteiger partial charge on any atom is -0.472 e. The average Bonchev–Trinajstić information content (AvgIpc) is 3.28. The number of carbonyl (C=O) groups excluding carboxylic acids is 1. The minimum atomic E-state index is -0.135. The Morgan fingerprint density at radius 3 is 2.85 bits per heavy atom. The van der Waals surface area contributed by atoms with Crippen LogP contribution in [0.1, 0.15) is 36.0 Å². The third-order valence-corrected chi connectivity index (χ3v) is 6.57. The van der Waals surface area contributed by atoms with Gasteiger partial charge in [-0.1, -0.05) is 17.7 Å². The zero-order valence-corrected chi connectivity index (χ0v) is 19.2. The molecule has 1 amide bonds. The number of hydrogen-bond acceptors (Lipinski definition) is 6. The molecule has 1 saturated heterocycles. The number of rotatable bonds is 7. The number of furan rings is 1. The summed E-state index contributed by atoms with van der Waals surface area (Å²) in [5.74, 6) is 0.538. The fraction of sp³-hybridized carbons (Fsp3) is 0.320. The van der Waals surface area contributed by atoms with Crippen LogP contribution < -0.4 is 10.6 Å². The van der Waals surface area contributed by atoms with E-state index in [4.69, 9.17) is 25.7 Å². The number of fused-ring (bicyclic) bond motifs is 1. The molecule has 1 aliphatic heterocycles. The molecule has 2 N–H and O–H groups in total. The van der Waals surface area contributed by atoms with E-state index in [0.717, 1.165) is 54.8 Å². The molecule has 1 atom stereocenters. The molecule has 0 spiro atoms. The Kier molecular flexibility index (Phi) is 5.47. The number of aromatic nitrogens is 3. The molecule has 1 saturated carbocycles. The van der Waals surface area contributed by atoms with Gasteiger partial charge in [0, 0.05) is 36.5 Å². The normalized spacial score (nSPS) is 17.9. The Hall–Kier alpha value is -3.36. The van der Waals surface area contributed by atoms with Crippen molar-refractivity contribution in [3.05, 3.63) is 59.8 Å². The fourth-order valence-corrected chi connectivity index (χ4v) is 4.50. The Balaban J connectivity index is 1.38. The van der Waals surface area contributed by atoms with Crippen molar-refractivity contribution in [1.29, 1.82) is 0 Å². The summed E-state index contributed by atoms with van der Waals surface area (Å²) in [6, 6.07) is 7.62. The lowest BCUT2D eigenvalue weighted by molar-refractivity contribution is 0.0951. The van der Waals surface area contributed by atoms with Crippen LogP contribution in [-0.4, -0.2) is 45.6 Å². The Bertz CT molecular complexity index is 1340. The van der Waals surface area contributed by atoms with Gasteiger partial charge < -0.3 is 19.8 Å². The predicted molar refractivity (Wildman–Crippen MR) is 129 cm³/mol. The van der Waals surface area contributed by atoms with Gasteiger partial charge in [0.25, 0.3) is 5.91 Å². The van der Waals surface area contributed by atoms with Crippen LogP contribution in [0.25, 0.3) is 28.2 Å². The van der Waals surface area contributed by atoms with Crippen molar-refractivity contribution >= 4 is 29.0 Å². The molecule has 0 radical (unpaired) electrons. The Morgan fingerprint density at radius 1 is 1.21 bits per heavy atom. The van der Waals surface area contributed by atoms with Gasteiger partial charge in [-0.3, -0.25) is 9.20 Å². The first-order chi connectivity index (χ1) is 16.7. The lowest BCUT2D eigenvalue weighted by Crippen LogP contribution is -2.25. The maximum atomic E-state index is 12.5. The molecule has 8 nitrogen and oxygen atoms in total. The molecular weight excluding hydrogens is 454 g/mol. The molecule has 174 valence electrons. The molecule has 1 unspecified atom stereocenters. The quantitative estimate of drug-likeness (QED) is 0.397. The number of anilines is 1. The van der Waals surface area contributed by atoms with Crippen LogP contribution in [0.2, 0.25) is 5.02 Å². The highest BCUT2D eigenvalue weighted by Crippen LogP contribution is 2.31. The van der Waals surface area contributed by atoms with E-state index in [2.05, 4.69) is 15.6 Å². The van der Waals surface area contributed by atoms with Crippen LogP contribution in [0.5, 0.6) is 0 Å². The minimum absolute atomic E-state index is 0.135. The molecule has 2 aliphatic rings. The molecule has 0 bridgehead atoms. The van der Waals surface area contributed by atoms with Gasteiger partial charge in [0.05, 0.1) is 46.8 Å². The first-order valence-corrected chi connectivity index (χ1v) is 11.9. The van der Waals surface area contributed by atoms with Gasteiger partial charge in [-0.2, -0.15) is 0 Å². The van der Waals surface area contributed by atoms with E-state index in [1.54, 1.807) is 24.8 Å². The molecule has 34 heavy (non-hydrogen) atoms. The molecule has 3 aromatic heterocycles. The van der Waals surface area contributed by atoms with E-state index >= 15 is 0 Å². The van der Waals surface area contributed by atoms with E-state index in [1.807, 2.05) is 28.8 Å². The predicted octanol–water partition coefficient (Wildman–Crippen LogP) is 4.79. The number of halogens is 1. The number of benzene rings is 1. The van der Waals surface area contributed by atoms with Gasteiger partial charge in [-0.05, 0) is 43.9 Å². The zero-order valence-electron chi connectivity index (χ0n) is 18.5. The van der Waals surface area contributed by atoms with Crippen molar-refractivity contribution < 1.29 is 13.9 Å². The number of hydrogen-bond donors (Lipinski definition) is 2. The van der Waals surface area contributed by atoms with E-state index in [9.17, 15) is 4.79 Å². The summed E-state index contributed by atoms with van der Waals surface area (Å²) in [6.45, 7) is 1.46. The Morgan fingerprint density at radius 2 is 2.12 bits per heavy atom. The van der Waals surface area contributed by atoms with Crippen LogP contribution in [0, 0.1) is 0 Å². The van der Waals surface area contributed by atoms with Crippen molar-refractivity contribution in [3.63, 3.8) is 0 Å². The van der Waals surface area contributed by atoms with Crippen molar-refractivity contribution in [2.24, 2.45) is 0 Å². The molecule has 2 fully saturated rings. The third-order valence-electron chi connectivity index (χ3n) is 6.25. The van der Waals surface area contributed by atoms with Gasteiger partial charge in [-0.25, -0.2) is 9.97 Å². The monoisotopic (exact) mass is 477 g/mol. The van der Waals surface area contributed by atoms with Crippen LogP contribution in [-0.2, 0) is 4.74 Å². The summed E-state index contributed by atoms with van der Waals surface area (Å²) >= 11 is 6.52. The number of imidazole rings is 1. The lowest BCUT2D eigenvalue weighted by Gasteiger charge is -2.14. The number of nitrogens with one attached hydrogen (secondary N) is 2. The summed E-state index contributed by atoms with van der Waals surface area (Å²) in [4.78, 5) is 21.9. The van der Waals surface area contributed by atoms with Crippen LogP contribution >= 0.6 is 11.6 Å². The number of amides is 1. The smallest absolute Gasteiger partial charge is 0.253 e. The van der Waals surface area contributed by atoms with Gasteiger partial charge >= 0.3 is 0 Å². The van der Waals surface area contributed by atoms with Crippen molar-refractivity contribution in [2.45, 2.75) is 37.8 Å². The van der Waals surface area contributed by atoms with E-state index in [0.29, 0.717) is 28.6 Å². The molecule has 4 heterocycles. The van der Waals surface area contributed by atoms with Crippen molar-refractivity contribution in [3.8, 4) is 22.5 Å². The molecule has 6 rings (SSSR count). The van der Waals surface area contributed by atoms with Crippen molar-refractivity contribution in [1.82, 2.24) is 19.7 Å². The standard InChI is InChI=1S/C25H24ClN5O3/c26-20-10-15(3-6-19(20)25(32)29-17-4-5-17)22-12-28-24-23(27-11-18-2-1-8-34-18)30-21(13-31(22)24)16-7-9-33-14-16/h3,6-7,9-10,12-14,17-18H,1-2,4-5,8,11H2,(H,27,30)(H,29,32). The lowest BCUT2D eigenvalue weighted by atomic mass is 10.1. The average molecular weight is 478 g/mol. The van der Waals surface area contributed by atoms with Gasteiger partial charge in [0.1, 0.15) is 0 Å². The number of carbonyl (C=O) groups is 1. The second-order valence-electron chi connectivity index (χ2n) is 8.78. The maximum Gasteiger partial charge on any atom is 0.253 e. The molecule has 9 heteroatoms. The van der Waals surface area contributed by atoms with Crippen LogP contribution in [0.4, 0.5) is 5.82 Å². The second kappa shape index (κ2) is 8.77. The largest absolute Gasteiger partial charge is 0.472 e. The van der Waals surface area contributed by atoms with Crippen LogP contribution in [0.3, 0.4) is 0 Å². The summed E-state index contributed by atoms with van der Waals surface area (Å²) < 4.78 is 13.0. The molecule has 1 aromatic carbocycles. The first-order valence-electron chi connectivity index (χ1n) is 11.5. The third kappa shape index (κ3) is 4.15. The highest BCUT2D eigenvalue weighted by molar-refractivity contribution is 6.34. The van der Waals surface area contributed by atoms with Gasteiger partial charge in [0.15, 0.2) is 11.5 Å². The second-order valence-corrected chi connectivity index (χ2v) is 9.19. The van der Waals surface area contributed by atoms with E-state index in [1.165, 1.54) is 0 Å². The number of nitrogens with zero attached hydrogens (tertiary/aromatic N) is 3. The SMILES string of the molecule is O=C(NC1CC1)c1ccc(-c2cnc3c(NCC4CCCO4)nc(-c4ccoc4)cn23)cc1Cl. The van der Waals surface area contributed by atoms with E-state index < -0.39 is 0 Å². The molecule has 4 aromatic rings. The number of ether oxygens (including phenoxy) is 1. The molecule has 1 aliphatic carbocycles. The summed E-state index contributed by atoms with van der Waals surface area (Å²) in [5.41, 5.74) is 4.50. The summed E-state index contributed by atoms with van der Waals surface area (Å²) in [6.07, 6.45) is 11.3. The van der Waals surface area contributed by atoms with E-state index in [-0.39, 0.29) is 18.1 Å².